The minimum Gasteiger partial charge on any atom is -0.381 e. The van der Waals surface area contributed by atoms with E-state index in [4.69, 9.17) is 15.2 Å². The highest BCUT2D eigenvalue weighted by Gasteiger charge is 2.22. The molecule has 2 N–H and O–H groups in total. The Morgan fingerprint density at radius 2 is 2.19 bits per heavy atom. The van der Waals surface area contributed by atoms with E-state index in [1.807, 2.05) is 18.2 Å². The van der Waals surface area contributed by atoms with Crippen LogP contribution in [-0.4, -0.2) is 25.9 Å². The summed E-state index contributed by atoms with van der Waals surface area (Å²) in [6, 6.07) is 10.3. The first-order valence-corrected chi connectivity index (χ1v) is 5.81. The van der Waals surface area contributed by atoms with E-state index in [9.17, 15) is 0 Å². The molecule has 2 rings (SSSR count). The highest BCUT2D eigenvalue weighted by atomic mass is 16.5. The van der Waals surface area contributed by atoms with Crippen LogP contribution in [-0.2, 0) is 16.1 Å². The van der Waals surface area contributed by atoms with Gasteiger partial charge in [0.15, 0.2) is 0 Å². The van der Waals surface area contributed by atoms with E-state index < -0.39 is 0 Å². The zero-order valence-corrected chi connectivity index (χ0v) is 9.47. The molecule has 3 heteroatoms. The minimum absolute atomic E-state index is 0.103. The number of hydrogen-bond donors (Lipinski definition) is 1. The van der Waals surface area contributed by atoms with Crippen molar-refractivity contribution in [1.82, 2.24) is 0 Å². The largest absolute Gasteiger partial charge is 0.381 e. The average Bonchev–Trinajstić information content (AvgIpc) is 2.84. The van der Waals surface area contributed by atoms with Crippen molar-refractivity contribution in [3.05, 3.63) is 35.9 Å². The van der Waals surface area contributed by atoms with Gasteiger partial charge in [-0.3, -0.25) is 0 Å². The van der Waals surface area contributed by atoms with Crippen molar-refractivity contribution in [3.63, 3.8) is 0 Å². The van der Waals surface area contributed by atoms with Crippen molar-refractivity contribution in [2.75, 3.05) is 19.8 Å². The van der Waals surface area contributed by atoms with Crippen LogP contribution in [0.5, 0.6) is 0 Å². The molecular weight excluding hydrogens is 202 g/mol. The molecule has 1 aromatic rings. The topological polar surface area (TPSA) is 44.5 Å². The molecule has 0 aromatic heterocycles. The Balaban J connectivity index is 1.67. The summed E-state index contributed by atoms with van der Waals surface area (Å²) in [4.78, 5) is 0. The molecule has 16 heavy (non-hydrogen) atoms. The summed E-state index contributed by atoms with van der Waals surface area (Å²) in [5.74, 6) is 0.468. The molecule has 88 valence electrons. The molecule has 1 aliphatic rings. The molecule has 2 atom stereocenters. The van der Waals surface area contributed by atoms with E-state index >= 15 is 0 Å². The maximum atomic E-state index is 6.04. The monoisotopic (exact) mass is 221 g/mol. The lowest BCUT2D eigenvalue weighted by Crippen LogP contribution is -2.35. The van der Waals surface area contributed by atoms with E-state index in [1.165, 1.54) is 5.56 Å². The second-order valence-electron chi connectivity index (χ2n) is 4.29. The third kappa shape index (κ3) is 3.30. The maximum Gasteiger partial charge on any atom is 0.0717 e. The van der Waals surface area contributed by atoms with Gasteiger partial charge in [-0.25, -0.2) is 0 Å². The summed E-state index contributed by atoms with van der Waals surface area (Å²) >= 11 is 0. The van der Waals surface area contributed by atoms with Crippen LogP contribution in [0.1, 0.15) is 12.0 Å². The van der Waals surface area contributed by atoms with Gasteiger partial charge in [-0.1, -0.05) is 30.3 Å². The smallest absolute Gasteiger partial charge is 0.0717 e. The van der Waals surface area contributed by atoms with Gasteiger partial charge in [0.25, 0.3) is 0 Å². The quantitative estimate of drug-likeness (QED) is 0.820. The van der Waals surface area contributed by atoms with Crippen molar-refractivity contribution in [2.24, 2.45) is 11.7 Å². The van der Waals surface area contributed by atoms with Crippen LogP contribution < -0.4 is 5.73 Å². The molecule has 1 aromatic carbocycles. The summed E-state index contributed by atoms with van der Waals surface area (Å²) < 4.78 is 10.9. The average molecular weight is 221 g/mol. The summed E-state index contributed by atoms with van der Waals surface area (Å²) in [7, 11) is 0. The second-order valence-corrected chi connectivity index (χ2v) is 4.29. The number of rotatable bonds is 5. The Kier molecular flexibility index (Phi) is 4.34. The lowest BCUT2D eigenvalue weighted by atomic mass is 10.0. The third-order valence-corrected chi connectivity index (χ3v) is 2.99. The Hall–Kier alpha value is -0.900. The van der Waals surface area contributed by atoms with Crippen LogP contribution in [0, 0.1) is 5.92 Å². The molecule has 1 saturated heterocycles. The molecule has 0 spiro atoms. The molecule has 2 unspecified atom stereocenters. The first-order chi connectivity index (χ1) is 7.86. The van der Waals surface area contributed by atoms with Crippen LogP contribution in [0.15, 0.2) is 30.3 Å². The van der Waals surface area contributed by atoms with E-state index in [-0.39, 0.29) is 6.04 Å². The van der Waals surface area contributed by atoms with Gasteiger partial charge in [0.05, 0.1) is 19.8 Å². The normalized spacial score (nSPS) is 22.2. The predicted octanol–water partition coefficient (Wildman–Crippen LogP) is 1.57. The fourth-order valence-corrected chi connectivity index (χ4v) is 1.91. The van der Waals surface area contributed by atoms with E-state index in [2.05, 4.69) is 12.1 Å². The van der Waals surface area contributed by atoms with Gasteiger partial charge in [0.2, 0.25) is 0 Å². The van der Waals surface area contributed by atoms with Gasteiger partial charge in [0.1, 0.15) is 0 Å². The number of benzene rings is 1. The summed E-state index contributed by atoms with van der Waals surface area (Å²) in [5, 5.41) is 0. The van der Waals surface area contributed by atoms with E-state index in [1.54, 1.807) is 0 Å². The first-order valence-electron chi connectivity index (χ1n) is 5.81. The van der Waals surface area contributed by atoms with Crippen LogP contribution in [0.2, 0.25) is 0 Å². The van der Waals surface area contributed by atoms with Gasteiger partial charge in [-0.2, -0.15) is 0 Å². The van der Waals surface area contributed by atoms with Crippen molar-refractivity contribution < 1.29 is 9.47 Å². The first kappa shape index (κ1) is 11.6. The summed E-state index contributed by atoms with van der Waals surface area (Å²) in [6.07, 6.45) is 1.07. The van der Waals surface area contributed by atoms with Crippen LogP contribution >= 0.6 is 0 Å². The maximum absolute atomic E-state index is 6.04. The van der Waals surface area contributed by atoms with Gasteiger partial charge < -0.3 is 15.2 Å². The van der Waals surface area contributed by atoms with Crippen molar-refractivity contribution >= 4 is 0 Å². The van der Waals surface area contributed by atoms with Crippen LogP contribution in [0.3, 0.4) is 0 Å². The molecule has 1 aliphatic heterocycles. The van der Waals surface area contributed by atoms with Gasteiger partial charge in [-0.05, 0) is 12.0 Å². The minimum atomic E-state index is 0.103. The molecule has 0 bridgehead atoms. The molecule has 1 fully saturated rings. The Bertz CT molecular complexity index is 296. The predicted molar refractivity (Wildman–Crippen MR) is 63.0 cm³/mol. The lowest BCUT2D eigenvalue weighted by molar-refractivity contribution is 0.0885. The Labute approximate surface area is 96.5 Å². The SMILES string of the molecule is NC(COCc1ccccc1)C1CCOC1. The van der Waals surface area contributed by atoms with E-state index in [0.717, 1.165) is 19.6 Å². The van der Waals surface area contributed by atoms with Crippen LogP contribution in [0.25, 0.3) is 0 Å². The Morgan fingerprint density at radius 3 is 2.88 bits per heavy atom. The third-order valence-electron chi connectivity index (χ3n) is 2.99. The zero-order chi connectivity index (χ0) is 11.2. The molecule has 0 saturated carbocycles. The van der Waals surface area contributed by atoms with Crippen molar-refractivity contribution in [2.45, 2.75) is 19.1 Å². The summed E-state index contributed by atoms with van der Waals surface area (Å²) in [5.41, 5.74) is 7.23. The number of ether oxygens (including phenoxy) is 2. The molecule has 3 nitrogen and oxygen atoms in total. The highest BCUT2D eigenvalue weighted by molar-refractivity contribution is 5.13. The number of nitrogens with two attached hydrogens (primary N) is 1. The van der Waals surface area contributed by atoms with Crippen molar-refractivity contribution in [1.29, 1.82) is 0 Å². The number of hydrogen-bond acceptors (Lipinski definition) is 3. The Morgan fingerprint density at radius 1 is 1.38 bits per heavy atom. The second kappa shape index (κ2) is 5.99. The van der Waals surface area contributed by atoms with Gasteiger partial charge in [0, 0.05) is 18.6 Å². The van der Waals surface area contributed by atoms with E-state index in [0.29, 0.717) is 19.1 Å². The van der Waals surface area contributed by atoms with Crippen molar-refractivity contribution in [3.8, 4) is 0 Å². The highest BCUT2D eigenvalue weighted by Crippen LogP contribution is 2.15. The van der Waals surface area contributed by atoms with Gasteiger partial charge in [-0.15, -0.1) is 0 Å². The lowest BCUT2D eigenvalue weighted by Gasteiger charge is -2.17. The molecule has 0 amide bonds. The standard InChI is InChI=1S/C13H19NO2/c14-13(12-6-7-15-9-12)10-16-8-11-4-2-1-3-5-11/h1-5,12-13H,6-10,14H2. The fraction of sp³-hybridized carbons (Fsp3) is 0.538. The van der Waals surface area contributed by atoms with Crippen LogP contribution in [0.4, 0.5) is 0 Å². The molecular formula is C13H19NO2. The van der Waals surface area contributed by atoms with Gasteiger partial charge >= 0.3 is 0 Å². The zero-order valence-electron chi connectivity index (χ0n) is 9.47. The summed E-state index contributed by atoms with van der Waals surface area (Å²) in [6.45, 7) is 2.89. The molecule has 0 aliphatic carbocycles. The molecule has 1 heterocycles. The molecule has 0 radical (unpaired) electrons. The fourth-order valence-electron chi connectivity index (χ4n) is 1.91.